The number of aliphatic hydroxyl groups excluding tert-OH is 1. The Morgan fingerprint density at radius 2 is 2.00 bits per heavy atom. The highest BCUT2D eigenvalue weighted by atomic mass is 16.6. The van der Waals surface area contributed by atoms with Crippen molar-refractivity contribution in [3.63, 3.8) is 0 Å². The van der Waals surface area contributed by atoms with Gasteiger partial charge < -0.3 is 9.84 Å². The lowest BCUT2D eigenvalue weighted by atomic mass is 9.85. The Hall–Kier alpha value is -0.0800. The van der Waals surface area contributed by atoms with E-state index in [4.69, 9.17) is 9.84 Å². The fourth-order valence-corrected chi connectivity index (χ4v) is 1.32. The van der Waals surface area contributed by atoms with E-state index >= 15 is 0 Å². The van der Waals surface area contributed by atoms with Crippen molar-refractivity contribution < 1.29 is 9.84 Å². The minimum absolute atomic E-state index is 0.168. The van der Waals surface area contributed by atoms with Gasteiger partial charge in [-0.1, -0.05) is 20.8 Å². The molecule has 0 aromatic heterocycles. The summed E-state index contributed by atoms with van der Waals surface area (Å²) in [4.78, 5) is 0. The summed E-state index contributed by atoms with van der Waals surface area (Å²) < 4.78 is 5.17. The van der Waals surface area contributed by atoms with Gasteiger partial charge in [0, 0.05) is 0 Å². The van der Waals surface area contributed by atoms with Gasteiger partial charge >= 0.3 is 0 Å². The summed E-state index contributed by atoms with van der Waals surface area (Å²) >= 11 is 0. The Labute approximate surface area is 62.2 Å². The highest BCUT2D eigenvalue weighted by molar-refractivity contribution is 4.94. The van der Waals surface area contributed by atoms with Gasteiger partial charge in [0.1, 0.15) is 5.60 Å². The quantitative estimate of drug-likeness (QED) is 0.590. The van der Waals surface area contributed by atoms with Gasteiger partial charge in [0.25, 0.3) is 0 Å². The van der Waals surface area contributed by atoms with Crippen LogP contribution in [0.25, 0.3) is 0 Å². The van der Waals surface area contributed by atoms with E-state index in [0.717, 1.165) is 13.0 Å². The zero-order chi connectivity index (χ0) is 7.83. The summed E-state index contributed by atoms with van der Waals surface area (Å²) in [6, 6.07) is 0. The van der Waals surface area contributed by atoms with E-state index in [0.29, 0.717) is 0 Å². The number of epoxide rings is 1. The first-order chi connectivity index (χ1) is 4.47. The molecule has 0 spiro atoms. The zero-order valence-electron chi connectivity index (χ0n) is 6.98. The molecule has 1 unspecified atom stereocenters. The summed E-state index contributed by atoms with van der Waals surface area (Å²) in [6.45, 7) is 7.38. The van der Waals surface area contributed by atoms with Crippen LogP contribution in [0.3, 0.4) is 0 Å². The summed E-state index contributed by atoms with van der Waals surface area (Å²) in [5.41, 5.74) is 0.0947. The normalized spacial score (nSPS) is 32.4. The fraction of sp³-hybridized carbons (Fsp3) is 1.00. The summed E-state index contributed by atoms with van der Waals surface area (Å²) in [7, 11) is 0. The molecule has 1 saturated heterocycles. The van der Waals surface area contributed by atoms with Crippen molar-refractivity contribution in [3.05, 3.63) is 0 Å². The maximum atomic E-state index is 8.89. The van der Waals surface area contributed by atoms with Gasteiger partial charge in [-0.15, -0.1) is 0 Å². The lowest BCUT2D eigenvalue weighted by molar-refractivity contribution is 0.130. The van der Waals surface area contributed by atoms with Gasteiger partial charge in [-0.05, 0) is 11.8 Å². The molecular formula is C8H16O2. The molecule has 1 aliphatic rings. The van der Waals surface area contributed by atoms with Crippen LogP contribution in [0.5, 0.6) is 0 Å². The molecule has 10 heavy (non-hydrogen) atoms. The zero-order valence-corrected chi connectivity index (χ0v) is 6.98. The standard InChI is InChI=1S/C8H16O2/c1-7(2,3)4-8(5-9)6-10-8/h9H,4-6H2,1-3H3. The maximum absolute atomic E-state index is 8.89. The van der Waals surface area contributed by atoms with Gasteiger partial charge in [-0.25, -0.2) is 0 Å². The van der Waals surface area contributed by atoms with Crippen LogP contribution in [-0.4, -0.2) is 23.9 Å². The van der Waals surface area contributed by atoms with Gasteiger partial charge in [-0.3, -0.25) is 0 Å². The first kappa shape index (κ1) is 8.02. The van der Waals surface area contributed by atoms with Crippen molar-refractivity contribution in [2.45, 2.75) is 32.8 Å². The molecule has 1 N–H and O–H groups in total. The average molecular weight is 144 g/mol. The molecule has 0 bridgehead atoms. The second kappa shape index (κ2) is 2.21. The minimum atomic E-state index is -0.168. The van der Waals surface area contributed by atoms with Crippen LogP contribution in [0.15, 0.2) is 0 Å². The first-order valence-corrected chi connectivity index (χ1v) is 3.72. The van der Waals surface area contributed by atoms with Gasteiger partial charge in [-0.2, -0.15) is 0 Å². The molecule has 60 valence electrons. The highest BCUT2D eigenvalue weighted by Gasteiger charge is 2.46. The second-order valence-corrected chi connectivity index (χ2v) is 4.37. The highest BCUT2D eigenvalue weighted by Crippen LogP contribution is 2.38. The Kier molecular flexibility index (Phi) is 1.77. The number of rotatable bonds is 2. The topological polar surface area (TPSA) is 32.8 Å². The van der Waals surface area contributed by atoms with Crippen molar-refractivity contribution in [2.75, 3.05) is 13.2 Å². The third-order valence-electron chi connectivity index (χ3n) is 1.69. The maximum Gasteiger partial charge on any atom is 0.115 e. The smallest absolute Gasteiger partial charge is 0.115 e. The van der Waals surface area contributed by atoms with Crippen LogP contribution in [-0.2, 0) is 4.74 Å². The number of aliphatic hydroxyl groups is 1. The van der Waals surface area contributed by atoms with Crippen LogP contribution >= 0.6 is 0 Å². The Balaban J connectivity index is 2.38. The minimum Gasteiger partial charge on any atom is -0.393 e. The predicted octanol–water partition coefficient (Wildman–Crippen LogP) is 1.18. The SMILES string of the molecule is CC(C)(C)CC1(CO)CO1. The number of ether oxygens (including phenoxy) is 1. The Morgan fingerprint density at radius 1 is 1.50 bits per heavy atom. The third kappa shape index (κ3) is 1.96. The van der Waals surface area contributed by atoms with Crippen LogP contribution in [0.4, 0.5) is 0 Å². The molecule has 1 aliphatic heterocycles. The van der Waals surface area contributed by atoms with E-state index in [1.807, 2.05) is 0 Å². The molecule has 0 radical (unpaired) electrons. The Morgan fingerprint density at radius 3 is 2.10 bits per heavy atom. The molecule has 1 heterocycles. The van der Waals surface area contributed by atoms with Gasteiger partial charge in [0.2, 0.25) is 0 Å². The Bertz CT molecular complexity index is 120. The van der Waals surface area contributed by atoms with E-state index < -0.39 is 0 Å². The van der Waals surface area contributed by atoms with Crippen molar-refractivity contribution in [1.82, 2.24) is 0 Å². The monoisotopic (exact) mass is 144 g/mol. The summed E-state index contributed by atoms with van der Waals surface area (Å²) in [5, 5.41) is 8.89. The predicted molar refractivity (Wildman–Crippen MR) is 39.8 cm³/mol. The molecule has 0 aromatic carbocycles. The molecule has 0 aliphatic carbocycles. The van der Waals surface area contributed by atoms with Crippen LogP contribution in [0.1, 0.15) is 27.2 Å². The third-order valence-corrected chi connectivity index (χ3v) is 1.69. The fourth-order valence-electron chi connectivity index (χ4n) is 1.32. The van der Waals surface area contributed by atoms with E-state index in [-0.39, 0.29) is 17.6 Å². The molecule has 0 aromatic rings. The van der Waals surface area contributed by atoms with Crippen molar-refractivity contribution in [1.29, 1.82) is 0 Å². The van der Waals surface area contributed by atoms with E-state index in [9.17, 15) is 0 Å². The van der Waals surface area contributed by atoms with E-state index in [1.54, 1.807) is 0 Å². The molecule has 0 amide bonds. The van der Waals surface area contributed by atoms with Crippen LogP contribution in [0, 0.1) is 5.41 Å². The second-order valence-electron chi connectivity index (χ2n) is 4.37. The molecule has 0 saturated carbocycles. The summed E-state index contributed by atoms with van der Waals surface area (Å²) in [5.74, 6) is 0. The number of hydrogen-bond acceptors (Lipinski definition) is 2. The lowest BCUT2D eigenvalue weighted by Crippen LogP contribution is -2.24. The van der Waals surface area contributed by atoms with Gasteiger partial charge in [0.15, 0.2) is 0 Å². The average Bonchev–Trinajstić information content (AvgIpc) is 2.45. The van der Waals surface area contributed by atoms with Crippen molar-refractivity contribution >= 4 is 0 Å². The van der Waals surface area contributed by atoms with E-state index in [2.05, 4.69) is 20.8 Å². The van der Waals surface area contributed by atoms with Crippen molar-refractivity contribution in [2.24, 2.45) is 5.41 Å². The largest absolute Gasteiger partial charge is 0.393 e. The molecule has 1 fully saturated rings. The van der Waals surface area contributed by atoms with Crippen molar-refractivity contribution in [3.8, 4) is 0 Å². The molecule has 1 rings (SSSR count). The molecular weight excluding hydrogens is 128 g/mol. The van der Waals surface area contributed by atoms with Crippen LogP contribution in [0.2, 0.25) is 0 Å². The first-order valence-electron chi connectivity index (χ1n) is 3.72. The van der Waals surface area contributed by atoms with Crippen LogP contribution < -0.4 is 0 Å². The lowest BCUT2D eigenvalue weighted by Gasteiger charge is -2.21. The summed E-state index contributed by atoms with van der Waals surface area (Å²) in [6.07, 6.45) is 0.955. The molecule has 1 atom stereocenters. The van der Waals surface area contributed by atoms with Gasteiger partial charge in [0.05, 0.1) is 13.2 Å². The molecule has 2 nitrogen and oxygen atoms in total. The number of hydrogen-bond donors (Lipinski definition) is 1. The van der Waals surface area contributed by atoms with E-state index in [1.165, 1.54) is 0 Å². The molecule has 2 heteroatoms.